The molecule has 2 rings (SSSR count). The quantitative estimate of drug-likeness (QED) is 0.845. The molecule has 0 aliphatic rings. The van der Waals surface area contributed by atoms with Gasteiger partial charge in [0.25, 0.3) is 5.56 Å². The van der Waals surface area contributed by atoms with Gasteiger partial charge in [0.15, 0.2) is 0 Å². The Morgan fingerprint density at radius 3 is 2.88 bits per heavy atom. The Hall–Kier alpha value is -1.10. The van der Waals surface area contributed by atoms with Crippen molar-refractivity contribution >= 4 is 22.9 Å². The number of nitrogens with one attached hydrogen (secondary N) is 1. The smallest absolute Gasteiger partial charge is 0.250 e. The number of hydrogen-bond donors (Lipinski definition) is 1. The first kappa shape index (κ1) is 12.4. The summed E-state index contributed by atoms with van der Waals surface area (Å²) < 4.78 is 2.50. The van der Waals surface area contributed by atoms with Gasteiger partial charge in [0, 0.05) is 36.8 Å². The Kier molecular flexibility index (Phi) is 4.36. The summed E-state index contributed by atoms with van der Waals surface area (Å²) in [4.78, 5) is 12.6. The summed E-state index contributed by atoms with van der Waals surface area (Å²) in [7, 11) is 0. The van der Waals surface area contributed by atoms with E-state index in [4.69, 9.17) is 11.6 Å². The van der Waals surface area contributed by atoms with E-state index in [0.717, 1.165) is 17.4 Å². The van der Waals surface area contributed by atoms with Crippen molar-refractivity contribution in [2.45, 2.75) is 13.1 Å². The van der Waals surface area contributed by atoms with Crippen LogP contribution in [0.4, 0.5) is 0 Å². The average Bonchev–Trinajstić information content (AvgIpc) is 2.73. The molecule has 0 bridgehead atoms. The number of aromatic nitrogens is 1. The minimum atomic E-state index is 0.0356. The number of rotatable bonds is 5. The average molecular weight is 269 g/mol. The Bertz CT molecular complexity index is 535. The molecule has 5 heteroatoms. The van der Waals surface area contributed by atoms with E-state index in [1.54, 1.807) is 34.2 Å². The van der Waals surface area contributed by atoms with Gasteiger partial charge in [0.05, 0.1) is 4.34 Å². The largest absolute Gasteiger partial charge is 0.314 e. The summed E-state index contributed by atoms with van der Waals surface area (Å²) in [6, 6.07) is 9.08. The summed E-state index contributed by atoms with van der Waals surface area (Å²) >= 11 is 7.41. The van der Waals surface area contributed by atoms with Gasteiger partial charge in [-0.15, -0.1) is 11.3 Å². The molecule has 0 fully saturated rings. The molecule has 0 aliphatic carbocycles. The van der Waals surface area contributed by atoms with Gasteiger partial charge in [-0.3, -0.25) is 4.79 Å². The van der Waals surface area contributed by atoms with Crippen molar-refractivity contribution in [3.63, 3.8) is 0 Å². The topological polar surface area (TPSA) is 34.0 Å². The van der Waals surface area contributed by atoms with Gasteiger partial charge in [0.1, 0.15) is 0 Å². The summed E-state index contributed by atoms with van der Waals surface area (Å²) in [5.41, 5.74) is 0.0356. The van der Waals surface area contributed by atoms with Gasteiger partial charge < -0.3 is 9.88 Å². The zero-order valence-electron chi connectivity index (χ0n) is 9.23. The van der Waals surface area contributed by atoms with Crippen LogP contribution in [0.1, 0.15) is 4.88 Å². The maximum absolute atomic E-state index is 11.4. The van der Waals surface area contributed by atoms with Gasteiger partial charge in [-0.2, -0.15) is 0 Å². The van der Waals surface area contributed by atoms with Crippen molar-refractivity contribution in [2.75, 3.05) is 6.54 Å². The van der Waals surface area contributed by atoms with E-state index in [-0.39, 0.29) is 5.56 Å². The van der Waals surface area contributed by atoms with Crippen LogP contribution in [0.25, 0.3) is 0 Å². The standard InChI is InChI=1S/C12H13ClN2OS/c13-11-5-4-10(17-11)9-14-6-8-15-7-2-1-3-12(15)16/h1-5,7,14H,6,8-9H2. The van der Waals surface area contributed by atoms with Crippen LogP contribution in [-0.2, 0) is 13.1 Å². The number of pyridine rings is 1. The molecule has 0 aromatic carbocycles. The summed E-state index contributed by atoms with van der Waals surface area (Å²) in [6.45, 7) is 2.23. The maximum Gasteiger partial charge on any atom is 0.250 e. The monoisotopic (exact) mass is 268 g/mol. The fraction of sp³-hybridized carbons (Fsp3) is 0.250. The summed E-state index contributed by atoms with van der Waals surface area (Å²) in [5, 5.41) is 3.28. The molecule has 17 heavy (non-hydrogen) atoms. The molecule has 0 aliphatic heterocycles. The molecule has 2 aromatic heterocycles. The molecule has 1 N–H and O–H groups in total. The van der Waals surface area contributed by atoms with Gasteiger partial charge in [-0.25, -0.2) is 0 Å². The van der Waals surface area contributed by atoms with Crippen molar-refractivity contribution in [1.82, 2.24) is 9.88 Å². The van der Waals surface area contributed by atoms with Gasteiger partial charge >= 0.3 is 0 Å². The van der Waals surface area contributed by atoms with Crippen molar-refractivity contribution in [2.24, 2.45) is 0 Å². The molecule has 0 saturated carbocycles. The van der Waals surface area contributed by atoms with Gasteiger partial charge in [0.2, 0.25) is 0 Å². The third-order valence-electron chi connectivity index (χ3n) is 2.36. The van der Waals surface area contributed by atoms with Crippen molar-refractivity contribution in [3.8, 4) is 0 Å². The summed E-state index contributed by atoms with van der Waals surface area (Å²) in [6.07, 6.45) is 1.80. The van der Waals surface area contributed by atoms with E-state index in [0.29, 0.717) is 6.54 Å². The molecular formula is C12H13ClN2OS. The van der Waals surface area contributed by atoms with Crippen molar-refractivity contribution in [1.29, 1.82) is 0 Å². The predicted octanol–water partition coefficient (Wildman–Crippen LogP) is 2.35. The Morgan fingerprint density at radius 2 is 2.18 bits per heavy atom. The number of nitrogens with zero attached hydrogens (tertiary/aromatic N) is 1. The minimum absolute atomic E-state index is 0.0356. The third kappa shape index (κ3) is 3.70. The second-order valence-electron chi connectivity index (χ2n) is 3.61. The SMILES string of the molecule is O=c1ccccn1CCNCc1ccc(Cl)s1. The minimum Gasteiger partial charge on any atom is -0.314 e. The molecule has 90 valence electrons. The second kappa shape index (κ2) is 6.00. The fourth-order valence-corrected chi connectivity index (χ4v) is 2.56. The number of halogens is 1. The molecule has 0 amide bonds. The van der Waals surface area contributed by atoms with E-state index in [2.05, 4.69) is 5.32 Å². The molecule has 0 spiro atoms. The Morgan fingerprint density at radius 1 is 1.29 bits per heavy atom. The molecule has 3 nitrogen and oxygen atoms in total. The van der Waals surface area contributed by atoms with Crippen molar-refractivity contribution < 1.29 is 0 Å². The van der Waals surface area contributed by atoms with E-state index in [1.165, 1.54) is 4.88 Å². The third-order valence-corrected chi connectivity index (χ3v) is 3.59. The lowest BCUT2D eigenvalue weighted by Crippen LogP contribution is -2.25. The van der Waals surface area contributed by atoms with Crippen LogP contribution in [0.2, 0.25) is 4.34 Å². The highest BCUT2D eigenvalue weighted by molar-refractivity contribution is 7.16. The second-order valence-corrected chi connectivity index (χ2v) is 5.41. The normalized spacial score (nSPS) is 10.6. The first-order valence-corrected chi connectivity index (χ1v) is 6.55. The fourth-order valence-electron chi connectivity index (χ4n) is 1.50. The van der Waals surface area contributed by atoms with Crippen LogP contribution < -0.4 is 10.9 Å². The zero-order chi connectivity index (χ0) is 12.1. The highest BCUT2D eigenvalue weighted by Gasteiger charge is 1.97. The number of thiophene rings is 1. The molecule has 0 unspecified atom stereocenters. The molecule has 0 radical (unpaired) electrons. The van der Waals surface area contributed by atoms with Crippen LogP contribution in [0.15, 0.2) is 41.3 Å². The summed E-state index contributed by atoms with van der Waals surface area (Å²) in [5.74, 6) is 0. The predicted molar refractivity (Wildman–Crippen MR) is 71.7 cm³/mol. The van der Waals surface area contributed by atoms with Crippen LogP contribution >= 0.6 is 22.9 Å². The van der Waals surface area contributed by atoms with Crippen molar-refractivity contribution in [3.05, 3.63) is 56.1 Å². The first-order chi connectivity index (χ1) is 8.25. The van der Waals surface area contributed by atoms with E-state index in [9.17, 15) is 4.79 Å². The first-order valence-electron chi connectivity index (χ1n) is 5.36. The molecule has 2 aromatic rings. The molecule has 0 saturated heterocycles. The molecule has 0 atom stereocenters. The Balaban J connectivity index is 1.77. The van der Waals surface area contributed by atoms with E-state index >= 15 is 0 Å². The lowest BCUT2D eigenvalue weighted by molar-refractivity contribution is 0.588. The Labute approximate surface area is 109 Å². The molecular weight excluding hydrogens is 256 g/mol. The maximum atomic E-state index is 11.4. The molecule has 2 heterocycles. The van der Waals surface area contributed by atoms with E-state index in [1.807, 2.05) is 18.2 Å². The van der Waals surface area contributed by atoms with Gasteiger partial charge in [-0.05, 0) is 18.2 Å². The highest BCUT2D eigenvalue weighted by Crippen LogP contribution is 2.20. The zero-order valence-corrected chi connectivity index (χ0v) is 10.8. The lowest BCUT2D eigenvalue weighted by Gasteiger charge is -2.05. The number of hydrogen-bond acceptors (Lipinski definition) is 3. The van der Waals surface area contributed by atoms with Gasteiger partial charge in [-0.1, -0.05) is 17.7 Å². The lowest BCUT2D eigenvalue weighted by atomic mass is 10.4. The van der Waals surface area contributed by atoms with Crippen LogP contribution in [-0.4, -0.2) is 11.1 Å². The van der Waals surface area contributed by atoms with E-state index < -0.39 is 0 Å². The van der Waals surface area contributed by atoms with Crippen LogP contribution in [0, 0.1) is 0 Å². The highest BCUT2D eigenvalue weighted by atomic mass is 35.5. The van der Waals surface area contributed by atoms with Crippen LogP contribution in [0.5, 0.6) is 0 Å². The van der Waals surface area contributed by atoms with Crippen LogP contribution in [0.3, 0.4) is 0 Å².